The van der Waals surface area contributed by atoms with Gasteiger partial charge in [0, 0.05) is 17.3 Å². The fourth-order valence-electron chi connectivity index (χ4n) is 2.33. The number of anilines is 1. The third-order valence-corrected chi connectivity index (χ3v) is 5.46. The number of rotatable bonds is 6. The van der Waals surface area contributed by atoms with E-state index < -0.39 is 0 Å². The first-order valence-electron chi connectivity index (χ1n) is 8.15. The Morgan fingerprint density at radius 2 is 1.96 bits per heavy atom. The van der Waals surface area contributed by atoms with Gasteiger partial charge in [0.15, 0.2) is 5.16 Å². The summed E-state index contributed by atoms with van der Waals surface area (Å²) in [7, 11) is 0. The molecule has 0 saturated carbocycles. The average Bonchev–Trinajstić information content (AvgIpc) is 2.78. The highest BCUT2D eigenvalue weighted by atomic mass is 35.5. The van der Waals surface area contributed by atoms with Crippen molar-refractivity contribution in [3.8, 4) is 0 Å². The number of hydrogen-bond donors (Lipinski definition) is 1. The van der Waals surface area contributed by atoms with Crippen molar-refractivity contribution in [2.45, 2.75) is 51.6 Å². The van der Waals surface area contributed by atoms with Crippen LogP contribution in [0.2, 0.25) is 10.0 Å². The zero-order chi connectivity index (χ0) is 18.7. The maximum atomic E-state index is 12.5. The van der Waals surface area contributed by atoms with Crippen LogP contribution in [-0.2, 0) is 11.3 Å². The Bertz CT molecular complexity index is 774. The van der Waals surface area contributed by atoms with Crippen LogP contribution in [0, 0.1) is 19.8 Å². The molecule has 1 heterocycles. The van der Waals surface area contributed by atoms with Crippen LogP contribution in [0.25, 0.3) is 0 Å². The van der Waals surface area contributed by atoms with E-state index in [0.717, 1.165) is 23.1 Å². The molecule has 0 radical (unpaired) electrons. The maximum absolute atomic E-state index is 12.5. The van der Waals surface area contributed by atoms with Gasteiger partial charge in [-0.3, -0.25) is 4.79 Å². The monoisotopic (exact) mass is 399 g/mol. The summed E-state index contributed by atoms with van der Waals surface area (Å²) in [5, 5.41) is 4.37. The number of nitrogens with one attached hydrogen (secondary N) is 1. The Morgan fingerprint density at radius 3 is 2.60 bits per heavy atom. The zero-order valence-electron chi connectivity index (χ0n) is 15.1. The molecule has 0 bridgehead atoms. The number of carbonyl (C=O) groups is 1. The molecule has 7 heteroatoms. The van der Waals surface area contributed by atoms with Crippen molar-refractivity contribution in [3.05, 3.63) is 39.6 Å². The first kappa shape index (κ1) is 20.1. The summed E-state index contributed by atoms with van der Waals surface area (Å²) in [5.74, 6) is 0.365. The van der Waals surface area contributed by atoms with E-state index in [9.17, 15) is 4.79 Å². The van der Waals surface area contributed by atoms with E-state index >= 15 is 0 Å². The Balaban J connectivity index is 2.14. The Morgan fingerprint density at radius 1 is 1.28 bits per heavy atom. The molecule has 0 spiro atoms. The molecule has 4 nitrogen and oxygen atoms in total. The number of benzene rings is 1. The quantitative estimate of drug-likeness (QED) is 0.644. The third kappa shape index (κ3) is 5.16. The summed E-state index contributed by atoms with van der Waals surface area (Å²) in [4.78, 5) is 17.2. The van der Waals surface area contributed by atoms with Crippen LogP contribution in [-0.4, -0.2) is 20.7 Å². The van der Waals surface area contributed by atoms with E-state index in [2.05, 4.69) is 35.6 Å². The summed E-state index contributed by atoms with van der Waals surface area (Å²) in [6.45, 7) is 11.1. The normalized spacial score (nSPS) is 12.5. The van der Waals surface area contributed by atoms with E-state index in [1.807, 2.05) is 13.8 Å². The van der Waals surface area contributed by atoms with Crippen LogP contribution in [0.15, 0.2) is 23.4 Å². The van der Waals surface area contributed by atoms with Crippen LogP contribution < -0.4 is 5.32 Å². The molecule has 0 aliphatic heterocycles. The molecule has 1 unspecified atom stereocenters. The molecule has 25 heavy (non-hydrogen) atoms. The van der Waals surface area contributed by atoms with Crippen LogP contribution in [0.5, 0.6) is 0 Å². The highest BCUT2D eigenvalue weighted by molar-refractivity contribution is 8.00. The molecule has 1 aromatic carbocycles. The van der Waals surface area contributed by atoms with E-state index in [4.69, 9.17) is 23.2 Å². The van der Waals surface area contributed by atoms with Gasteiger partial charge in [0.05, 0.1) is 21.7 Å². The van der Waals surface area contributed by atoms with E-state index in [0.29, 0.717) is 21.7 Å². The predicted molar refractivity (Wildman–Crippen MR) is 107 cm³/mol. The summed E-state index contributed by atoms with van der Waals surface area (Å²) in [6, 6.07) is 5.00. The number of nitrogens with zero attached hydrogens (tertiary/aromatic N) is 2. The van der Waals surface area contributed by atoms with E-state index in [1.165, 1.54) is 11.8 Å². The van der Waals surface area contributed by atoms with Crippen LogP contribution in [0.1, 0.15) is 32.2 Å². The number of imidazole rings is 1. The van der Waals surface area contributed by atoms with Crippen molar-refractivity contribution in [1.29, 1.82) is 0 Å². The van der Waals surface area contributed by atoms with E-state index in [1.54, 1.807) is 18.2 Å². The highest BCUT2D eigenvalue weighted by Crippen LogP contribution is 2.29. The predicted octanol–water partition coefficient (Wildman–Crippen LogP) is 5.58. The molecule has 0 aliphatic rings. The smallest absolute Gasteiger partial charge is 0.237 e. The van der Waals surface area contributed by atoms with Gasteiger partial charge in [-0.05, 0) is 44.9 Å². The SMILES string of the molecule is Cc1nc(SC(C)C(=O)Nc2cc(Cl)ccc2Cl)n(CC(C)C)c1C. The van der Waals surface area contributed by atoms with Crippen LogP contribution >= 0.6 is 35.0 Å². The molecule has 0 aliphatic carbocycles. The Hall–Kier alpha value is -1.17. The average molecular weight is 400 g/mol. The van der Waals surface area contributed by atoms with Crippen molar-refractivity contribution in [2.24, 2.45) is 5.92 Å². The van der Waals surface area contributed by atoms with Gasteiger partial charge < -0.3 is 9.88 Å². The second-order valence-electron chi connectivity index (χ2n) is 6.44. The standard InChI is InChI=1S/C18H23Cl2N3OS/c1-10(2)9-23-12(4)11(3)21-18(23)25-13(5)17(24)22-16-8-14(19)6-7-15(16)20/h6-8,10,13H,9H2,1-5H3,(H,22,24). The van der Waals surface area contributed by atoms with Gasteiger partial charge >= 0.3 is 0 Å². The lowest BCUT2D eigenvalue weighted by Crippen LogP contribution is -2.23. The first-order valence-corrected chi connectivity index (χ1v) is 9.79. The topological polar surface area (TPSA) is 46.9 Å². The maximum Gasteiger partial charge on any atom is 0.237 e. The lowest BCUT2D eigenvalue weighted by molar-refractivity contribution is -0.115. The molecule has 1 N–H and O–H groups in total. The van der Waals surface area contributed by atoms with Gasteiger partial charge in [0.1, 0.15) is 0 Å². The highest BCUT2D eigenvalue weighted by Gasteiger charge is 2.21. The molecule has 0 fully saturated rings. The minimum absolute atomic E-state index is 0.136. The molecule has 1 amide bonds. The molecule has 0 saturated heterocycles. The molecular weight excluding hydrogens is 377 g/mol. The van der Waals surface area contributed by atoms with Crippen LogP contribution in [0.4, 0.5) is 5.69 Å². The van der Waals surface area contributed by atoms with Gasteiger partial charge in [0.25, 0.3) is 0 Å². The van der Waals surface area contributed by atoms with Gasteiger partial charge in [-0.1, -0.05) is 48.8 Å². The summed E-state index contributed by atoms with van der Waals surface area (Å²) >= 11 is 13.5. The number of amides is 1. The summed E-state index contributed by atoms with van der Waals surface area (Å²) < 4.78 is 2.18. The largest absolute Gasteiger partial charge is 0.324 e. The number of aromatic nitrogens is 2. The van der Waals surface area contributed by atoms with Crippen molar-refractivity contribution >= 4 is 46.6 Å². The molecule has 2 aromatic rings. The second kappa shape index (κ2) is 8.47. The molecule has 1 atom stereocenters. The number of hydrogen-bond acceptors (Lipinski definition) is 3. The fourth-order valence-corrected chi connectivity index (χ4v) is 3.68. The van der Waals surface area contributed by atoms with Crippen LogP contribution in [0.3, 0.4) is 0 Å². The number of thioether (sulfide) groups is 1. The lowest BCUT2D eigenvalue weighted by atomic mass is 10.2. The molecular formula is C18H23Cl2N3OS. The summed E-state index contributed by atoms with van der Waals surface area (Å²) in [6.07, 6.45) is 0. The van der Waals surface area contributed by atoms with Gasteiger partial charge in [-0.25, -0.2) is 4.98 Å². The Kier molecular flexibility index (Phi) is 6.83. The summed E-state index contributed by atoms with van der Waals surface area (Å²) in [5.41, 5.74) is 2.65. The Labute approximate surface area is 163 Å². The molecule has 2 rings (SSSR count). The van der Waals surface area contributed by atoms with Crippen molar-refractivity contribution in [1.82, 2.24) is 9.55 Å². The molecule has 136 valence electrons. The van der Waals surface area contributed by atoms with Gasteiger partial charge in [-0.2, -0.15) is 0 Å². The second-order valence-corrected chi connectivity index (χ2v) is 8.59. The van der Waals surface area contributed by atoms with Crippen molar-refractivity contribution < 1.29 is 4.79 Å². The molecule has 1 aromatic heterocycles. The van der Waals surface area contributed by atoms with Crippen molar-refractivity contribution in [3.63, 3.8) is 0 Å². The number of aryl methyl sites for hydroxylation is 1. The fraction of sp³-hybridized carbons (Fsp3) is 0.444. The zero-order valence-corrected chi connectivity index (χ0v) is 17.4. The van der Waals surface area contributed by atoms with E-state index in [-0.39, 0.29) is 11.2 Å². The van der Waals surface area contributed by atoms with Crippen molar-refractivity contribution in [2.75, 3.05) is 5.32 Å². The van der Waals surface area contributed by atoms with Gasteiger partial charge in [0.2, 0.25) is 5.91 Å². The lowest BCUT2D eigenvalue weighted by Gasteiger charge is -2.16. The third-order valence-electron chi connectivity index (χ3n) is 3.81. The number of halogens is 2. The minimum Gasteiger partial charge on any atom is -0.324 e. The van der Waals surface area contributed by atoms with Gasteiger partial charge in [-0.15, -0.1) is 0 Å². The number of carbonyl (C=O) groups excluding carboxylic acids is 1. The first-order chi connectivity index (χ1) is 11.7. The minimum atomic E-state index is -0.317.